The van der Waals surface area contributed by atoms with Crippen molar-refractivity contribution in [3.05, 3.63) is 23.9 Å². The maximum atomic E-state index is 12.1. The molecular weight excluding hydrogens is 270 g/mol. The Morgan fingerprint density at radius 2 is 2.24 bits per heavy atom. The molecule has 2 heterocycles. The molecule has 1 fully saturated rings. The second-order valence-electron chi connectivity index (χ2n) is 5.28. The van der Waals surface area contributed by atoms with E-state index in [0.717, 1.165) is 6.42 Å². The van der Waals surface area contributed by atoms with Crippen molar-refractivity contribution in [1.29, 1.82) is 0 Å². The van der Waals surface area contributed by atoms with Crippen molar-refractivity contribution in [2.45, 2.75) is 25.9 Å². The van der Waals surface area contributed by atoms with E-state index in [-0.39, 0.29) is 17.9 Å². The minimum Gasteiger partial charge on any atom is -0.472 e. The fraction of sp³-hybridized carbons (Fsp3) is 0.533. The quantitative estimate of drug-likeness (QED) is 0.835. The molecular formula is C15H21N3O3. The number of carbonyl (C=O) groups excluding carboxylic acids is 2. The minimum absolute atomic E-state index is 0.107. The monoisotopic (exact) mass is 291 g/mol. The van der Waals surface area contributed by atoms with Crippen molar-refractivity contribution in [2.24, 2.45) is 0 Å². The van der Waals surface area contributed by atoms with Gasteiger partial charge in [0.25, 0.3) is 5.91 Å². The Morgan fingerprint density at radius 1 is 1.48 bits per heavy atom. The number of likely N-dealkylation sites (tertiary alicyclic amines) is 1. The average molecular weight is 291 g/mol. The van der Waals surface area contributed by atoms with Crippen LogP contribution in [0.2, 0.25) is 0 Å². The molecule has 1 aromatic heterocycles. The van der Waals surface area contributed by atoms with E-state index in [9.17, 15) is 9.59 Å². The summed E-state index contributed by atoms with van der Waals surface area (Å²) >= 11 is 0. The molecule has 1 unspecified atom stereocenters. The first-order chi connectivity index (χ1) is 10.0. The van der Waals surface area contributed by atoms with E-state index in [4.69, 9.17) is 4.74 Å². The van der Waals surface area contributed by atoms with Crippen LogP contribution in [0.15, 0.2) is 18.3 Å². The number of nitrogens with zero attached hydrogens (tertiary/aromatic N) is 3. The Morgan fingerprint density at radius 3 is 2.90 bits per heavy atom. The number of ether oxygens (including phenoxy) is 1. The highest BCUT2D eigenvalue weighted by Crippen LogP contribution is 2.21. The van der Waals surface area contributed by atoms with Gasteiger partial charge in [-0.15, -0.1) is 0 Å². The summed E-state index contributed by atoms with van der Waals surface area (Å²) in [5, 5.41) is 0. The minimum atomic E-state index is -0.141. The van der Waals surface area contributed by atoms with Crippen LogP contribution in [-0.2, 0) is 4.79 Å². The van der Waals surface area contributed by atoms with Crippen molar-refractivity contribution >= 4 is 11.8 Å². The highest BCUT2D eigenvalue weighted by Gasteiger charge is 2.28. The number of amides is 2. The van der Waals surface area contributed by atoms with Crippen LogP contribution < -0.4 is 4.74 Å². The first-order valence-corrected chi connectivity index (χ1v) is 7.14. The summed E-state index contributed by atoms with van der Waals surface area (Å²) in [6.07, 6.45) is 2.76. The summed E-state index contributed by atoms with van der Waals surface area (Å²) in [6.45, 7) is 3.10. The Balaban J connectivity index is 2.07. The summed E-state index contributed by atoms with van der Waals surface area (Å²) in [4.78, 5) is 31.2. The number of hydrogen-bond donors (Lipinski definition) is 0. The van der Waals surface area contributed by atoms with Gasteiger partial charge in [-0.1, -0.05) is 6.92 Å². The van der Waals surface area contributed by atoms with E-state index in [1.165, 1.54) is 4.90 Å². The average Bonchev–Trinajstić information content (AvgIpc) is 2.94. The number of aromatic nitrogens is 1. The standard InChI is InChI=1S/C15H21N3O3/c1-4-13(19)18-9-7-11(10-18)21-14-12(6-5-8-16-14)15(20)17(2)3/h5-6,8,11H,4,7,9-10H2,1-3H3. The third-order valence-electron chi connectivity index (χ3n) is 3.49. The van der Waals surface area contributed by atoms with Crippen LogP contribution in [0.3, 0.4) is 0 Å². The summed E-state index contributed by atoms with van der Waals surface area (Å²) in [5.41, 5.74) is 0.447. The SMILES string of the molecule is CCC(=O)N1CCC(Oc2ncccc2C(=O)N(C)C)C1. The molecule has 21 heavy (non-hydrogen) atoms. The van der Waals surface area contributed by atoms with Gasteiger partial charge >= 0.3 is 0 Å². The Bertz CT molecular complexity index is 531. The molecule has 0 radical (unpaired) electrons. The van der Waals surface area contributed by atoms with Crippen LogP contribution in [0.5, 0.6) is 5.88 Å². The van der Waals surface area contributed by atoms with Crippen LogP contribution in [0, 0.1) is 0 Å². The zero-order valence-electron chi connectivity index (χ0n) is 12.7. The predicted octanol–water partition coefficient (Wildman–Crippen LogP) is 1.17. The van der Waals surface area contributed by atoms with Gasteiger partial charge < -0.3 is 14.5 Å². The molecule has 1 saturated heterocycles. The summed E-state index contributed by atoms with van der Waals surface area (Å²) in [7, 11) is 3.38. The third-order valence-corrected chi connectivity index (χ3v) is 3.49. The molecule has 114 valence electrons. The van der Waals surface area contributed by atoms with Crippen molar-refractivity contribution < 1.29 is 14.3 Å². The van der Waals surface area contributed by atoms with Gasteiger partial charge in [0.2, 0.25) is 11.8 Å². The number of rotatable bonds is 4. The van der Waals surface area contributed by atoms with Crippen LogP contribution in [0.1, 0.15) is 30.1 Å². The van der Waals surface area contributed by atoms with Gasteiger partial charge in [0, 0.05) is 39.7 Å². The number of pyridine rings is 1. The van der Waals surface area contributed by atoms with E-state index >= 15 is 0 Å². The van der Waals surface area contributed by atoms with Gasteiger partial charge in [-0.05, 0) is 12.1 Å². The van der Waals surface area contributed by atoms with E-state index in [1.54, 1.807) is 37.3 Å². The van der Waals surface area contributed by atoms with Gasteiger partial charge in [-0.3, -0.25) is 9.59 Å². The molecule has 0 bridgehead atoms. The van der Waals surface area contributed by atoms with Gasteiger partial charge in [0.15, 0.2) is 0 Å². The van der Waals surface area contributed by atoms with E-state index in [2.05, 4.69) is 4.98 Å². The lowest BCUT2D eigenvalue weighted by atomic mass is 10.2. The molecule has 0 aromatic carbocycles. The molecule has 0 N–H and O–H groups in total. The molecule has 1 aliphatic rings. The van der Waals surface area contributed by atoms with Crippen LogP contribution in [0.4, 0.5) is 0 Å². The first kappa shape index (κ1) is 15.3. The molecule has 1 atom stereocenters. The first-order valence-electron chi connectivity index (χ1n) is 7.14. The van der Waals surface area contributed by atoms with Crippen LogP contribution >= 0.6 is 0 Å². The fourth-order valence-corrected chi connectivity index (χ4v) is 2.32. The fourth-order valence-electron chi connectivity index (χ4n) is 2.32. The molecule has 1 aliphatic heterocycles. The smallest absolute Gasteiger partial charge is 0.258 e. The Kier molecular flexibility index (Phi) is 4.77. The second kappa shape index (κ2) is 6.56. The summed E-state index contributed by atoms with van der Waals surface area (Å²) in [6, 6.07) is 3.42. The lowest BCUT2D eigenvalue weighted by Crippen LogP contribution is -2.30. The molecule has 2 rings (SSSR count). The van der Waals surface area contributed by atoms with Gasteiger partial charge in [0.1, 0.15) is 11.7 Å². The number of hydrogen-bond acceptors (Lipinski definition) is 4. The zero-order chi connectivity index (χ0) is 15.4. The molecule has 0 saturated carbocycles. The van der Waals surface area contributed by atoms with Crippen molar-refractivity contribution in [2.75, 3.05) is 27.2 Å². The van der Waals surface area contributed by atoms with Crippen molar-refractivity contribution in [1.82, 2.24) is 14.8 Å². The van der Waals surface area contributed by atoms with Gasteiger partial charge in [0.05, 0.1) is 6.54 Å². The van der Waals surface area contributed by atoms with Crippen LogP contribution in [-0.4, -0.2) is 59.9 Å². The number of carbonyl (C=O) groups is 2. The second-order valence-corrected chi connectivity index (χ2v) is 5.28. The molecule has 2 amide bonds. The zero-order valence-corrected chi connectivity index (χ0v) is 12.7. The topological polar surface area (TPSA) is 62.7 Å². The summed E-state index contributed by atoms with van der Waals surface area (Å²) in [5.74, 6) is 0.330. The lowest BCUT2D eigenvalue weighted by Gasteiger charge is -2.18. The van der Waals surface area contributed by atoms with Gasteiger partial charge in [-0.25, -0.2) is 4.98 Å². The molecule has 1 aromatic rings. The Hall–Kier alpha value is -2.11. The Labute approximate surface area is 124 Å². The highest BCUT2D eigenvalue weighted by atomic mass is 16.5. The lowest BCUT2D eigenvalue weighted by molar-refractivity contribution is -0.130. The normalized spacial score (nSPS) is 17.7. The molecule has 0 spiro atoms. The molecule has 6 heteroatoms. The highest BCUT2D eigenvalue weighted by molar-refractivity contribution is 5.96. The third kappa shape index (κ3) is 3.51. The van der Waals surface area contributed by atoms with Crippen LogP contribution in [0.25, 0.3) is 0 Å². The largest absolute Gasteiger partial charge is 0.472 e. The molecule has 6 nitrogen and oxygen atoms in total. The predicted molar refractivity (Wildman–Crippen MR) is 78.2 cm³/mol. The van der Waals surface area contributed by atoms with Crippen molar-refractivity contribution in [3.63, 3.8) is 0 Å². The molecule has 0 aliphatic carbocycles. The van der Waals surface area contributed by atoms with Gasteiger partial charge in [-0.2, -0.15) is 0 Å². The maximum absolute atomic E-state index is 12.1. The summed E-state index contributed by atoms with van der Waals surface area (Å²) < 4.78 is 5.85. The maximum Gasteiger partial charge on any atom is 0.258 e. The van der Waals surface area contributed by atoms with Crippen molar-refractivity contribution in [3.8, 4) is 5.88 Å². The van der Waals surface area contributed by atoms with E-state index in [0.29, 0.717) is 31.0 Å². The van der Waals surface area contributed by atoms with E-state index < -0.39 is 0 Å². The van der Waals surface area contributed by atoms with E-state index in [1.807, 2.05) is 6.92 Å².